The molecule has 0 amide bonds. The molecule has 2 saturated carbocycles. The highest BCUT2D eigenvalue weighted by Gasteiger charge is 2.57. The predicted octanol–water partition coefficient (Wildman–Crippen LogP) is 0.947. The molecule has 1 spiro atoms. The maximum atomic E-state index is 10.9. The molecule has 0 aromatic rings. The van der Waals surface area contributed by atoms with Crippen LogP contribution in [0.5, 0.6) is 0 Å². The molecule has 1 aliphatic heterocycles. The van der Waals surface area contributed by atoms with Crippen LogP contribution in [0.25, 0.3) is 0 Å². The van der Waals surface area contributed by atoms with Crippen LogP contribution in [0.4, 0.5) is 0 Å². The lowest BCUT2D eigenvalue weighted by Crippen LogP contribution is -2.51. The zero-order valence-corrected chi connectivity index (χ0v) is 7.75. The summed E-state index contributed by atoms with van der Waals surface area (Å²) >= 11 is 0. The molecule has 1 heterocycles. The van der Waals surface area contributed by atoms with E-state index in [2.05, 4.69) is 4.90 Å². The lowest BCUT2D eigenvalue weighted by Gasteiger charge is -2.41. The van der Waals surface area contributed by atoms with Crippen LogP contribution in [-0.4, -0.2) is 35.6 Å². The fourth-order valence-corrected chi connectivity index (χ4v) is 2.53. The number of carbonyl (C=O) groups is 1. The minimum Gasteiger partial charge on any atom is -0.481 e. The molecule has 0 unspecified atom stereocenters. The number of aliphatic carboxylic acids is 1. The van der Waals surface area contributed by atoms with Gasteiger partial charge in [-0.25, -0.2) is 0 Å². The highest BCUT2D eigenvalue weighted by atomic mass is 16.4. The Morgan fingerprint density at radius 2 is 1.85 bits per heavy atom. The summed E-state index contributed by atoms with van der Waals surface area (Å²) in [5, 5.41) is 8.99. The lowest BCUT2D eigenvalue weighted by molar-refractivity contribution is -0.145. The first-order chi connectivity index (χ1) is 6.14. The van der Waals surface area contributed by atoms with Crippen molar-refractivity contribution in [3.8, 4) is 0 Å². The van der Waals surface area contributed by atoms with Crippen molar-refractivity contribution in [1.29, 1.82) is 0 Å². The molecule has 13 heavy (non-hydrogen) atoms. The fraction of sp³-hybridized carbons (Fsp3) is 0.900. The summed E-state index contributed by atoms with van der Waals surface area (Å²) in [6.07, 6.45) is 4.55. The second-order valence-electron chi connectivity index (χ2n) is 5.23. The summed E-state index contributed by atoms with van der Waals surface area (Å²) in [5.74, 6) is -0.579. The highest BCUT2D eigenvalue weighted by Crippen LogP contribution is 2.55. The van der Waals surface area contributed by atoms with Crippen molar-refractivity contribution < 1.29 is 9.90 Å². The second-order valence-corrected chi connectivity index (χ2v) is 5.23. The van der Waals surface area contributed by atoms with Crippen LogP contribution in [0.3, 0.4) is 0 Å². The SMILES string of the molecule is O=C(O)C1(CN2CC3(CC3)C2)CC1. The average molecular weight is 181 g/mol. The van der Waals surface area contributed by atoms with Gasteiger partial charge in [0.25, 0.3) is 0 Å². The molecule has 0 aromatic carbocycles. The quantitative estimate of drug-likeness (QED) is 0.704. The summed E-state index contributed by atoms with van der Waals surface area (Å²) in [5.41, 5.74) is 0.324. The first-order valence-corrected chi connectivity index (χ1v) is 5.10. The minimum absolute atomic E-state index is 0.337. The second kappa shape index (κ2) is 2.08. The fourth-order valence-electron chi connectivity index (χ4n) is 2.53. The Balaban J connectivity index is 1.56. The van der Waals surface area contributed by atoms with Gasteiger partial charge in [0.05, 0.1) is 5.41 Å². The van der Waals surface area contributed by atoms with E-state index in [1.807, 2.05) is 0 Å². The molecule has 0 radical (unpaired) electrons. The number of carboxylic acid groups (broad SMARTS) is 1. The van der Waals surface area contributed by atoms with Crippen molar-refractivity contribution in [1.82, 2.24) is 4.90 Å². The third-order valence-corrected chi connectivity index (χ3v) is 3.91. The van der Waals surface area contributed by atoms with Crippen molar-refractivity contribution in [3.05, 3.63) is 0 Å². The van der Waals surface area contributed by atoms with Crippen molar-refractivity contribution >= 4 is 5.97 Å². The number of nitrogens with zero attached hydrogens (tertiary/aromatic N) is 1. The van der Waals surface area contributed by atoms with Gasteiger partial charge in [0.2, 0.25) is 0 Å². The van der Waals surface area contributed by atoms with Crippen molar-refractivity contribution in [3.63, 3.8) is 0 Å². The maximum Gasteiger partial charge on any atom is 0.310 e. The van der Waals surface area contributed by atoms with Gasteiger partial charge in [-0.1, -0.05) is 0 Å². The highest BCUT2D eigenvalue weighted by molar-refractivity contribution is 5.78. The molecule has 3 heteroatoms. The largest absolute Gasteiger partial charge is 0.481 e. The minimum atomic E-state index is -0.579. The number of likely N-dealkylation sites (tertiary alicyclic amines) is 1. The summed E-state index contributed by atoms with van der Waals surface area (Å²) < 4.78 is 0. The van der Waals surface area contributed by atoms with Crippen LogP contribution >= 0.6 is 0 Å². The predicted molar refractivity (Wildman–Crippen MR) is 47.4 cm³/mol. The van der Waals surface area contributed by atoms with Crippen LogP contribution in [-0.2, 0) is 4.79 Å². The summed E-state index contributed by atoms with van der Waals surface area (Å²) in [6, 6.07) is 0. The Morgan fingerprint density at radius 3 is 2.23 bits per heavy atom. The van der Waals surface area contributed by atoms with E-state index in [4.69, 9.17) is 5.11 Å². The molecular formula is C10H15NO2. The number of rotatable bonds is 3. The van der Waals surface area contributed by atoms with Crippen LogP contribution in [0, 0.1) is 10.8 Å². The van der Waals surface area contributed by atoms with E-state index in [0.717, 1.165) is 19.4 Å². The standard InChI is InChI=1S/C10H15NO2/c12-8(13)10(3-4-10)7-11-5-9(6-11)1-2-9/h1-7H2,(H,12,13). The molecular weight excluding hydrogens is 166 g/mol. The van der Waals surface area contributed by atoms with E-state index in [1.54, 1.807) is 0 Å². The van der Waals surface area contributed by atoms with Crippen LogP contribution in [0.15, 0.2) is 0 Å². The van der Waals surface area contributed by atoms with E-state index in [0.29, 0.717) is 5.41 Å². The Hall–Kier alpha value is -0.570. The Labute approximate surface area is 77.7 Å². The molecule has 0 bridgehead atoms. The average Bonchev–Trinajstić information content (AvgIpc) is 2.78. The first-order valence-electron chi connectivity index (χ1n) is 5.10. The molecule has 0 aromatic heterocycles. The van der Waals surface area contributed by atoms with Gasteiger partial charge in [-0.05, 0) is 31.1 Å². The van der Waals surface area contributed by atoms with Gasteiger partial charge in [0, 0.05) is 19.6 Å². The van der Waals surface area contributed by atoms with E-state index in [1.165, 1.54) is 25.9 Å². The van der Waals surface area contributed by atoms with Gasteiger partial charge in [-0.2, -0.15) is 0 Å². The Bertz CT molecular complexity index is 258. The maximum absolute atomic E-state index is 10.9. The lowest BCUT2D eigenvalue weighted by atomic mass is 9.94. The summed E-state index contributed by atoms with van der Waals surface area (Å²) in [6.45, 7) is 3.15. The van der Waals surface area contributed by atoms with Crippen LogP contribution in [0.2, 0.25) is 0 Å². The van der Waals surface area contributed by atoms with Crippen LogP contribution < -0.4 is 0 Å². The van der Waals surface area contributed by atoms with Gasteiger partial charge >= 0.3 is 5.97 Å². The molecule has 1 saturated heterocycles. The number of carboxylic acids is 1. The molecule has 3 aliphatic rings. The van der Waals surface area contributed by atoms with Crippen molar-refractivity contribution in [2.75, 3.05) is 19.6 Å². The van der Waals surface area contributed by atoms with Crippen molar-refractivity contribution in [2.45, 2.75) is 25.7 Å². The van der Waals surface area contributed by atoms with Gasteiger partial charge < -0.3 is 10.0 Å². The third kappa shape index (κ3) is 1.10. The monoisotopic (exact) mass is 181 g/mol. The third-order valence-electron chi connectivity index (χ3n) is 3.91. The molecule has 3 rings (SSSR count). The van der Waals surface area contributed by atoms with E-state index < -0.39 is 5.97 Å². The van der Waals surface area contributed by atoms with Crippen LogP contribution in [0.1, 0.15) is 25.7 Å². The molecule has 3 nitrogen and oxygen atoms in total. The molecule has 72 valence electrons. The topological polar surface area (TPSA) is 40.5 Å². The molecule has 3 fully saturated rings. The Morgan fingerprint density at radius 1 is 1.23 bits per heavy atom. The van der Waals surface area contributed by atoms with Gasteiger partial charge in [-0.3, -0.25) is 4.79 Å². The first kappa shape index (κ1) is 7.80. The zero-order chi connectivity index (χ0) is 9.10. The van der Waals surface area contributed by atoms with E-state index >= 15 is 0 Å². The zero-order valence-electron chi connectivity index (χ0n) is 7.75. The van der Waals surface area contributed by atoms with E-state index in [-0.39, 0.29) is 5.41 Å². The number of hydrogen-bond donors (Lipinski definition) is 1. The summed E-state index contributed by atoms with van der Waals surface area (Å²) in [4.78, 5) is 13.2. The summed E-state index contributed by atoms with van der Waals surface area (Å²) in [7, 11) is 0. The van der Waals surface area contributed by atoms with E-state index in [9.17, 15) is 4.79 Å². The normalized spacial score (nSPS) is 32.6. The molecule has 0 atom stereocenters. The van der Waals surface area contributed by atoms with Crippen molar-refractivity contribution in [2.24, 2.45) is 10.8 Å². The van der Waals surface area contributed by atoms with Gasteiger partial charge in [-0.15, -0.1) is 0 Å². The van der Waals surface area contributed by atoms with Gasteiger partial charge in [0.15, 0.2) is 0 Å². The smallest absolute Gasteiger partial charge is 0.310 e. The number of hydrogen-bond acceptors (Lipinski definition) is 2. The molecule has 2 aliphatic carbocycles. The molecule has 1 N–H and O–H groups in total. The van der Waals surface area contributed by atoms with Gasteiger partial charge in [0.1, 0.15) is 0 Å². The Kier molecular flexibility index (Phi) is 1.25.